The molecular weight excluding hydrogens is 488 g/mol. The number of hydrogen-bond acceptors (Lipinski definition) is 6. The number of carbonyl (C=O) groups excluding carboxylic acids is 1. The third kappa shape index (κ3) is 4.04. The first kappa shape index (κ1) is 20.8. The molecular formula is C23H19BrN6OS. The molecule has 0 radical (unpaired) electrons. The first-order chi connectivity index (χ1) is 15.6. The molecule has 2 atom stereocenters. The van der Waals surface area contributed by atoms with Crippen LogP contribution >= 0.6 is 27.3 Å². The first-order valence-corrected chi connectivity index (χ1v) is 12.0. The van der Waals surface area contributed by atoms with E-state index in [1.54, 1.807) is 18.5 Å². The topological polar surface area (TPSA) is 96.5 Å². The van der Waals surface area contributed by atoms with Crippen LogP contribution in [0.25, 0.3) is 22.6 Å². The summed E-state index contributed by atoms with van der Waals surface area (Å²) in [5, 5.41) is 12.5. The second-order valence-electron chi connectivity index (χ2n) is 7.79. The summed E-state index contributed by atoms with van der Waals surface area (Å²) in [4.78, 5) is 27.0. The Morgan fingerprint density at radius 3 is 2.91 bits per heavy atom. The van der Waals surface area contributed by atoms with Crippen molar-refractivity contribution in [2.24, 2.45) is 0 Å². The van der Waals surface area contributed by atoms with Crippen molar-refractivity contribution in [2.75, 3.05) is 0 Å². The Labute approximate surface area is 197 Å². The van der Waals surface area contributed by atoms with Crippen LogP contribution in [0.15, 0.2) is 52.6 Å². The lowest BCUT2D eigenvalue weighted by molar-refractivity contribution is 0.0925. The van der Waals surface area contributed by atoms with Crippen molar-refractivity contribution in [2.45, 2.75) is 37.8 Å². The van der Waals surface area contributed by atoms with Crippen LogP contribution in [0.5, 0.6) is 0 Å². The molecule has 0 saturated heterocycles. The molecule has 0 spiro atoms. The molecule has 1 aliphatic rings. The number of hydrogen-bond donors (Lipinski definition) is 1. The Kier molecular flexibility index (Phi) is 5.72. The second-order valence-corrected chi connectivity index (χ2v) is 10.2. The van der Waals surface area contributed by atoms with Gasteiger partial charge in [-0.15, -0.1) is 11.3 Å². The van der Waals surface area contributed by atoms with Crippen molar-refractivity contribution in [3.8, 4) is 17.6 Å². The van der Waals surface area contributed by atoms with Gasteiger partial charge in [0, 0.05) is 24.3 Å². The van der Waals surface area contributed by atoms with Gasteiger partial charge < -0.3 is 9.88 Å². The molecule has 4 aromatic rings. The van der Waals surface area contributed by atoms with Gasteiger partial charge in [-0.25, -0.2) is 9.97 Å². The van der Waals surface area contributed by atoms with E-state index in [0.717, 1.165) is 52.0 Å². The van der Waals surface area contributed by atoms with E-state index in [1.807, 2.05) is 30.3 Å². The van der Waals surface area contributed by atoms with E-state index < -0.39 is 0 Å². The maximum absolute atomic E-state index is 12.7. The number of imidazole rings is 1. The molecule has 0 aliphatic heterocycles. The van der Waals surface area contributed by atoms with Crippen molar-refractivity contribution in [1.82, 2.24) is 24.8 Å². The molecule has 0 aromatic carbocycles. The lowest BCUT2D eigenvalue weighted by Crippen LogP contribution is -2.38. The molecule has 0 bridgehead atoms. The lowest BCUT2D eigenvalue weighted by Gasteiger charge is -2.31. The summed E-state index contributed by atoms with van der Waals surface area (Å²) in [6, 6.07) is 13.5. The van der Waals surface area contributed by atoms with Crippen LogP contribution in [0.2, 0.25) is 0 Å². The fraction of sp³-hybridized carbons (Fsp3) is 0.261. The van der Waals surface area contributed by atoms with E-state index in [1.165, 1.54) is 11.3 Å². The molecule has 1 N–H and O–H groups in total. The second kappa shape index (κ2) is 8.81. The minimum atomic E-state index is -0.0351. The molecule has 160 valence electrons. The Bertz CT molecular complexity index is 1330. The average Bonchev–Trinajstić information content (AvgIpc) is 3.43. The molecule has 5 rings (SSSR count). The number of nitrogens with zero attached hydrogens (tertiary/aromatic N) is 5. The number of pyridine rings is 2. The summed E-state index contributed by atoms with van der Waals surface area (Å²) in [6.07, 6.45) is 7.18. The molecule has 4 heterocycles. The third-order valence-corrected chi connectivity index (χ3v) is 7.35. The van der Waals surface area contributed by atoms with Gasteiger partial charge in [-0.3, -0.25) is 9.78 Å². The molecule has 9 heteroatoms. The van der Waals surface area contributed by atoms with Crippen LogP contribution < -0.4 is 5.32 Å². The lowest BCUT2D eigenvalue weighted by atomic mass is 9.90. The van der Waals surface area contributed by atoms with Crippen molar-refractivity contribution in [1.29, 1.82) is 5.26 Å². The standard InChI is InChI=1S/C23H19BrN6OS/c24-21-8-7-20(32-21)23(31)28-14-4-3-5-16(10-14)30-19-13-27-15(12-25)11-18(19)29-22(30)17-6-1-2-9-26-17/h1-2,6-9,11,13-14,16H,3-5,10H2,(H,28,31). The summed E-state index contributed by atoms with van der Waals surface area (Å²) >= 11 is 4.86. The maximum Gasteiger partial charge on any atom is 0.261 e. The first-order valence-electron chi connectivity index (χ1n) is 10.4. The number of rotatable bonds is 4. The number of aromatic nitrogens is 4. The fourth-order valence-electron chi connectivity index (χ4n) is 4.32. The number of thiophene rings is 1. The van der Waals surface area contributed by atoms with Gasteiger partial charge in [-0.05, 0) is 65.9 Å². The van der Waals surface area contributed by atoms with Gasteiger partial charge in [-0.2, -0.15) is 5.26 Å². The van der Waals surface area contributed by atoms with Crippen LogP contribution in [-0.4, -0.2) is 31.5 Å². The molecule has 4 aromatic heterocycles. The van der Waals surface area contributed by atoms with Gasteiger partial charge in [0.05, 0.1) is 25.9 Å². The fourth-order valence-corrected chi connectivity index (χ4v) is 5.61. The zero-order valence-corrected chi connectivity index (χ0v) is 19.4. The van der Waals surface area contributed by atoms with Crippen molar-refractivity contribution in [3.63, 3.8) is 0 Å². The Balaban J connectivity index is 1.49. The van der Waals surface area contributed by atoms with E-state index in [9.17, 15) is 10.1 Å². The third-order valence-electron chi connectivity index (χ3n) is 5.73. The minimum absolute atomic E-state index is 0.0351. The molecule has 7 nitrogen and oxygen atoms in total. The number of nitrogens with one attached hydrogen (secondary N) is 1. The molecule has 32 heavy (non-hydrogen) atoms. The zero-order valence-electron chi connectivity index (χ0n) is 17.0. The highest BCUT2D eigenvalue weighted by Crippen LogP contribution is 2.36. The maximum atomic E-state index is 12.7. The van der Waals surface area contributed by atoms with Crippen LogP contribution in [-0.2, 0) is 0 Å². The molecule has 2 unspecified atom stereocenters. The highest BCUT2D eigenvalue weighted by Gasteiger charge is 2.29. The van der Waals surface area contributed by atoms with Gasteiger partial charge in [0.15, 0.2) is 5.82 Å². The van der Waals surface area contributed by atoms with Crippen LogP contribution in [0, 0.1) is 11.3 Å². The predicted octanol–water partition coefficient (Wildman–Crippen LogP) is 5.10. The van der Waals surface area contributed by atoms with Crippen molar-refractivity contribution >= 4 is 44.2 Å². The Morgan fingerprint density at radius 1 is 1.25 bits per heavy atom. The molecule has 1 aliphatic carbocycles. The zero-order chi connectivity index (χ0) is 22.1. The highest BCUT2D eigenvalue weighted by molar-refractivity contribution is 9.11. The molecule has 1 saturated carbocycles. The van der Waals surface area contributed by atoms with Gasteiger partial charge in [0.1, 0.15) is 17.5 Å². The summed E-state index contributed by atoms with van der Waals surface area (Å²) in [5.74, 6) is 0.726. The summed E-state index contributed by atoms with van der Waals surface area (Å²) in [7, 11) is 0. The summed E-state index contributed by atoms with van der Waals surface area (Å²) in [5.41, 5.74) is 2.72. The smallest absolute Gasteiger partial charge is 0.261 e. The normalized spacial score (nSPS) is 18.4. The van der Waals surface area contributed by atoms with E-state index >= 15 is 0 Å². The number of amides is 1. The van der Waals surface area contributed by atoms with Crippen LogP contribution in [0.1, 0.15) is 47.1 Å². The molecule has 1 amide bonds. The highest BCUT2D eigenvalue weighted by atomic mass is 79.9. The average molecular weight is 507 g/mol. The Hall–Kier alpha value is -3.09. The van der Waals surface area contributed by atoms with Crippen LogP contribution in [0.4, 0.5) is 0 Å². The predicted molar refractivity (Wildman–Crippen MR) is 126 cm³/mol. The van der Waals surface area contributed by atoms with E-state index in [-0.39, 0.29) is 18.0 Å². The van der Waals surface area contributed by atoms with Crippen LogP contribution in [0.3, 0.4) is 0 Å². The monoisotopic (exact) mass is 506 g/mol. The largest absolute Gasteiger partial charge is 0.349 e. The summed E-state index contributed by atoms with van der Waals surface area (Å²) < 4.78 is 3.13. The van der Waals surface area contributed by atoms with E-state index in [4.69, 9.17) is 4.98 Å². The Morgan fingerprint density at radius 2 is 2.16 bits per heavy atom. The van der Waals surface area contributed by atoms with E-state index in [2.05, 4.69) is 41.9 Å². The number of fused-ring (bicyclic) bond motifs is 1. The van der Waals surface area contributed by atoms with Crippen molar-refractivity contribution in [3.05, 3.63) is 63.1 Å². The molecule has 1 fully saturated rings. The number of halogens is 1. The van der Waals surface area contributed by atoms with Gasteiger partial charge in [0.2, 0.25) is 0 Å². The van der Waals surface area contributed by atoms with Gasteiger partial charge >= 0.3 is 0 Å². The van der Waals surface area contributed by atoms with Crippen molar-refractivity contribution < 1.29 is 4.79 Å². The number of nitriles is 1. The minimum Gasteiger partial charge on any atom is -0.349 e. The van der Waals surface area contributed by atoms with E-state index in [0.29, 0.717) is 10.6 Å². The quantitative estimate of drug-likeness (QED) is 0.415. The SMILES string of the molecule is N#Cc1cc2nc(-c3ccccn3)n(C3CCCC(NC(=O)c4ccc(Br)s4)C3)c2cn1. The number of carbonyl (C=O) groups is 1. The van der Waals surface area contributed by atoms with Gasteiger partial charge in [-0.1, -0.05) is 6.07 Å². The summed E-state index contributed by atoms with van der Waals surface area (Å²) in [6.45, 7) is 0. The van der Waals surface area contributed by atoms with Gasteiger partial charge in [0.25, 0.3) is 5.91 Å².